The van der Waals surface area contributed by atoms with Gasteiger partial charge in [-0.25, -0.2) is 4.79 Å². The zero-order valence-corrected chi connectivity index (χ0v) is 19.0. The summed E-state index contributed by atoms with van der Waals surface area (Å²) in [7, 11) is 3.81. The molecule has 1 heterocycles. The topological polar surface area (TPSA) is 62.8 Å². The Balaban J connectivity index is 1.51. The highest BCUT2D eigenvalue weighted by molar-refractivity contribution is 6.07. The van der Waals surface area contributed by atoms with Gasteiger partial charge in [-0.15, -0.1) is 0 Å². The van der Waals surface area contributed by atoms with Gasteiger partial charge >= 0.3 is 6.03 Å². The molecule has 0 radical (unpaired) electrons. The van der Waals surface area contributed by atoms with E-state index in [2.05, 4.69) is 22.6 Å². The molecule has 168 valence electrons. The number of amides is 2. The van der Waals surface area contributed by atoms with Crippen molar-refractivity contribution in [2.75, 3.05) is 44.5 Å². The Hall–Kier alpha value is -3.25. The number of rotatable bonds is 6. The maximum Gasteiger partial charge on any atom is 0.323 e. The summed E-state index contributed by atoms with van der Waals surface area (Å²) in [5, 5.41) is 7.76. The van der Waals surface area contributed by atoms with Crippen molar-refractivity contribution in [1.82, 2.24) is 4.90 Å². The number of aryl methyl sites for hydroxylation is 1. The molecular weight excluding hydrogens is 402 g/mol. The summed E-state index contributed by atoms with van der Waals surface area (Å²) >= 11 is 0. The molecule has 0 unspecified atom stereocenters. The first-order valence-electron chi connectivity index (χ1n) is 11.1. The minimum absolute atomic E-state index is 0.284. The molecule has 6 nitrogen and oxygen atoms in total. The van der Waals surface area contributed by atoms with E-state index in [0.29, 0.717) is 24.0 Å². The Morgan fingerprint density at radius 3 is 2.47 bits per heavy atom. The lowest BCUT2D eigenvalue weighted by Crippen LogP contribution is -2.32. The fourth-order valence-corrected chi connectivity index (χ4v) is 4.09. The lowest BCUT2D eigenvalue weighted by atomic mass is 9.98. The molecular formula is C26H31N3O3. The molecule has 0 atom stereocenters. The fourth-order valence-electron chi connectivity index (χ4n) is 4.09. The van der Waals surface area contributed by atoms with E-state index in [1.165, 1.54) is 0 Å². The SMILES string of the molecule is COc1cc2c(NC(=O)Nc3ccccc3C)cccc2cc1OCC1CCN(C)CC1. The van der Waals surface area contributed by atoms with E-state index < -0.39 is 0 Å². The molecule has 0 bridgehead atoms. The zero-order chi connectivity index (χ0) is 22.5. The van der Waals surface area contributed by atoms with Gasteiger partial charge in [-0.2, -0.15) is 0 Å². The maximum atomic E-state index is 12.6. The molecule has 0 aliphatic carbocycles. The van der Waals surface area contributed by atoms with Crippen LogP contribution in [0, 0.1) is 12.8 Å². The van der Waals surface area contributed by atoms with Gasteiger partial charge in [-0.1, -0.05) is 30.3 Å². The molecule has 1 saturated heterocycles. The average molecular weight is 434 g/mol. The monoisotopic (exact) mass is 433 g/mol. The number of carbonyl (C=O) groups is 1. The molecule has 1 aliphatic rings. The van der Waals surface area contributed by atoms with E-state index in [1.807, 2.05) is 61.5 Å². The van der Waals surface area contributed by atoms with E-state index in [0.717, 1.165) is 53.7 Å². The summed E-state index contributed by atoms with van der Waals surface area (Å²) in [6.07, 6.45) is 2.30. The highest BCUT2D eigenvalue weighted by Gasteiger charge is 2.18. The summed E-state index contributed by atoms with van der Waals surface area (Å²) in [5.74, 6) is 1.96. The van der Waals surface area contributed by atoms with Crippen LogP contribution in [0.25, 0.3) is 10.8 Å². The molecule has 2 amide bonds. The number of methoxy groups -OCH3 is 1. The molecule has 1 aliphatic heterocycles. The van der Waals surface area contributed by atoms with Gasteiger partial charge in [0.25, 0.3) is 0 Å². The third-order valence-corrected chi connectivity index (χ3v) is 6.12. The molecule has 0 saturated carbocycles. The Kier molecular flexibility index (Phi) is 6.81. The Morgan fingerprint density at radius 1 is 1.00 bits per heavy atom. The number of likely N-dealkylation sites (tertiary alicyclic amines) is 1. The second kappa shape index (κ2) is 9.92. The predicted octanol–water partition coefficient (Wildman–Crippen LogP) is 5.52. The van der Waals surface area contributed by atoms with Crippen molar-refractivity contribution in [1.29, 1.82) is 0 Å². The van der Waals surface area contributed by atoms with Crippen LogP contribution in [0.4, 0.5) is 16.2 Å². The fraction of sp³-hybridized carbons (Fsp3) is 0.346. The van der Waals surface area contributed by atoms with Gasteiger partial charge in [0.1, 0.15) is 0 Å². The summed E-state index contributed by atoms with van der Waals surface area (Å²) in [4.78, 5) is 15.0. The lowest BCUT2D eigenvalue weighted by Gasteiger charge is -2.29. The van der Waals surface area contributed by atoms with E-state index in [4.69, 9.17) is 9.47 Å². The van der Waals surface area contributed by atoms with Crippen molar-refractivity contribution in [3.63, 3.8) is 0 Å². The number of nitrogens with zero attached hydrogens (tertiary/aromatic N) is 1. The van der Waals surface area contributed by atoms with Crippen molar-refractivity contribution >= 4 is 28.2 Å². The van der Waals surface area contributed by atoms with Crippen LogP contribution < -0.4 is 20.1 Å². The van der Waals surface area contributed by atoms with E-state index in [9.17, 15) is 4.79 Å². The van der Waals surface area contributed by atoms with Gasteiger partial charge in [-0.05, 0) is 81.0 Å². The number of para-hydroxylation sites is 1. The van der Waals surface area contributed by atoms with E-state index in [1.54, 1.807) is 7.11 Å². The molecule has 6 heteroatoms. The molecule has 4 rings (SSSR count). The van der Waals surface area contributed by atoms with Crippen molar-refractivity contribution < 1.29 is 14.3 Å². The Bertz CT molecular complexity index is 1090. The first-order chi connectivity index (χ1) is 15.5. The number of anilines is 2. The molecule has 0 aromatic heterocycles. The number of nitrogens with one attached hydrogen (secondary N) is 2. The number of ether oxygens (including phenoxy) is 2. The van der Waals surface area contributed by atoms with Crippen LogP contribution in [0.2, 0.25) is 0 Å². The average Bonchev–Trinajstić information content (AvgIpc) is 2.80. The Morgan fingerprint density at radius 2 is 1.72 bits per heavy atom. The predicted molar refractivity (Wildman–Crippen MR) is 130 cm³/mol. The van der Waals surface area contributed by atoms with Crippen molar-refractivity contribution in [2.24, 2.45) is 5.92 Å². The maximum absolute atomic E-state index is 12.6. The van der Waals surface area contributed by atoms with Gasteiger partial charge in [0.05, 0.1) is 19.4 Å². The third kappa shape index (κ3) is 5.14. The van der Waals surface area contributed by atoms with Crippen LogP contribution >= 0.6 is 0 Å². The number of urea groups is 1. The molecule has 0 spiro atoms. The summed E-state index contributed by atoms with van der Waals surface area (Å²) in [6.45, 7) is 4.88. The first-order valence-corrected chi connectivity index (χ1v) is 11.1. The number of fused-ring (bicyclic) bond motifs is 1. The van der Waals surface area contributed by atoms with Gasteiger partial charge in [0.15, 0.2) is 11.5 Å². The highest BCUT2D eigenvalue weighted by atomic mass is 16.5. The summed E-state index contributed by atoms with van der Waals surface area (Å²) in [6, 6.07) is 17.2. The van der Waals surface area contributed by atoms with Crippen LogP contribution in [0.1, 0.15) is 18.4 Å². The van der Waals surface area contributed by atoms with Gasteiger partial charge in [0.2, 0.25) is 0 Å². The minimum atomic E-state index is -0.284. The summed E-state index contributed by atoms with van der Waals surface area (Å²) < 4.78 is 11.8. The largest absolute Gasteiger partial charge is 0.493 e. The number of piperidine rings is 1. The molecule has 1 fully saturated rings. The van der Waals surface area contributed by atoms with Crippen molar-refractivity contribution in [2.45, 2.75) is 19.8 Å². The molecule has 2 N–H and O–H groups in total. The number of hydrogen-bond donors (Lipinski definition) is 2. The smallest absolute Gasteiger partial charge is 0.323 e. The standard InChI is InChI=1S/C26H31N3O3/c1-18-7-4-5-9-22(18)27-26(30)28-23-10-6-8-20-15-25(24(31-3)16-21(20)23)32-17-19-11-13-29(2)14-12-19/h4-10,15-16,19H,11-14,17H2,1-3H3,(H2,27,28,30). The van der Waals surface area contributed by atoms with Crippen LogP contribution in [0.3, 0.4) is 0 Å². The van der Waals surface area contributed by atoms with E-state index in [-0.39, 0.29) is 6.03 Å². The second-order valence-corrected chi connectivity index (χ2v) is 8.48. The van der Waals surface area contributed by atoms with Crippen LogP contribution in [0.15, 0.2) is 54.6 Å². The third-order valence-electron chi connectivity index (χ3n) is 6.12. The van der Waals surface area contributed by atoms with Crippen LogP contribution in [-0.2, 0) is 0 Å². The molecule has 32 heavy (non-hydrogen) atoms. The highest BCUT2D eigenvalue weighted by Crippen LogP contribution is 2.36. The summed E-state index contributed by atoms with van der Waals surface area (Å²) in [5.41, 5.74) is 2.51. The van der Waals surface area contributed by atoms with Crippen LogP contribution in [0.5, 0.6) is 11.5 Å². The van der Waals surface area contributed by atoms with Crippen LogP contribution in [-0.4, -0.2) is 44.8 Å². The normalized spacial score (nSPS) is 14.8. The van der Waals surface area contributed by atoms with Gasteiger partial charge in [-0.3, -0.25) is 0 Å². The van der Waals surface area contributed by atoms with Gasteiger partial charge in [0, 0.05) is 11.1 Å². The van der Waals surface area contributed by atoms with Gasteiger partial charge < -0.3 is 25.0 Å². The molecule has 3 aromatic carbocycles. The number of hydrogen-bond acceptors (Lipinski definition) is 4. The lowest BCUT2D eigenvalue weighted by molar-refractivity contribution is 0.157. The molecule has 3 aromatic rings. The Labute approximate surface area is 189 Å². The van der Waals surface area contributed by atoms with Crippen molar-refractivity contribution in [3.8, 4) is 11.5 Å². The van der Waals surface area contributed by atoms with Crippen molar-refractivity contribution in [3.05, 3.63) is 60.2 Å². The first kappa shape index (κ1) is 22.0. The second-order valence-electron chi connectivity index (χ2n) is 8.48. The zero-order valence-electron chi connectivity index (χ0n) is 19.0. The minimum Gasteiger partial charge on any atom is -0.493 e. The number of benzene rings is 3. The number of carbonyl (C=O) groups excluding carboxylic acids is 1. The quantitative estimate of drug-likeness (QED) is 0.537. The van der Waals surface area contributed by atoms with E-state index >= 15 is 0 Å².